The molecule has 138 valence electrons. The molecule has 2 aromatic carbocycles. The minimum absolute atomic E-state index is 0.0605. The predicted octanol–water partition coefficient (Wildman–Crippen LogP) is 4.30. The average molecular weight is 463 g/mol. The van der Waals surface area contributed by atoms with Crippen molar-refractivity contribution in [1.29, 1.82) is 0 Å². The number of hydrogen-bond donors (Lipinski definition) is 0. The van der Waals surface area contributed by atoms with Crippen molar-refractivity contribution in [2.45, 2.75) is 4.90 Å². The molecule has 8 heteroatoms. The first-order valence-corrected chi connectivity index (χ1v) is 10.9. The van der Waals surface area contributed by atoms with Gasteiger partial charge in [0.1, 0.15) is 0 Å². The van der Waals surface area contributed by atoms with E-state index >= 15 is 0 Å². The van der Waals surface area contributed by atoms with Gasteiger partial charge >= 0.3 is 0 Å². The summed E-state index contributed by atoms with van der Waals surface area (Å²) in [5.74, 6) is -0.298. The van der Waals surface area contributed by atoms with E-state index in [0.717, 1.165) is 21.8 Å². The molecule has 1 heterocycles. The number of benzene rings is 2. The van der Waals surface area contributed by atoms with E-state index in [4.69, 9.17) is 0 Å². The molecule has 0 unspecified atom stereocenters. The summed E-state index contributed by atoms with van der Waals surface area (Å²) in [5.41, 5.74) is 0.851. The van der Waals surface area contributed by atoms with Crippen LogP contribution >= 0.6 is 27.7 Å². The van der Waals surface area contributed by atoms with Gasteiger partial charge in [0.25, 0.3) is 15.9 Å². The Morgan fingerprint density at radius 2 is 1.78 bits per heavy atom. The van der Waals surface area contributed by atoms with Gasteiger partial charge in [-0.2, -0.15) is 8.42 Å². The summed E-state index contributed by atoms with van der Waals surface area (Å²) < 4.78 is 29.9. The van der Waals surface area contributed by atoms with Crippen LogP contribution in [0, 0.1) is 0 Å². The Morgan fingerprint density at radius 1 is 1.11 bits per heavy atom. The molecule has 1 aliphatic heterocycles. The predicted molar refractivity (Wildman–Crippen MR) is 113 cm³/mol. The smallest absolute Gasteiger partial charge is 0.282 e. The van der Waals surface area contributed by atoms with Crippen LogP contribution in [0.25, 0.3) is 6.08 Å². The molecule has 27 heavy (non-hydrogen) atoms. The minimum Gasteiger partial charge on any atom is -0.282 e. The molecule has 1 amide bonds. The van der Waals surface area contributed by atoms with E-state index in [9.17, 15) is 13.2 Å². The second kappa shape index (κ2) is 8.24. The average Bonchev–Trinajstić information content (AvgIpc) is 2.91. The Labute approximate surface area is 170 Å². The largest absolute Gasteiger partial charge is 0.284 e. The van der Waals surface area contributed by atoms with Gasteiger partial charge in [-0.15, -0.1) is 11.0 Å². The first kappa shape index (κ1) is 19.6. The fourth-order valence-corrected chi connectivity index (χ4v) is 4.78. The quantitative estimate of drug-likeness (QED) is 0.490. The summed E-state index contributed by atoms with van der Waals surface area (Å²) in [5, 5.41) is 0.116. The molecule has 1 fully saturated rings. The third-order valence-corrected chi connectivity index (χ3v) is 6.54. The van der Waals surface area contributed by atoms with Crippen LogP contribution < -0.4 is 0 Å². The van der Waals surface area contributed by atoms with E-state index in [0.29, 0.717) is 4.91 Å². The Hall–Kier alpha value is -2.16. The van der Waals surface area contributed by atoms with E-state index in [1.54, 1.807) is 18.2 Å². The first-order chi connectivity index (χ1) is 12.9. The van der Waals surface area contributed by atoms with Crippen molar-refractivity contribution in [2.75, 3.05) is 6.54 Å². The summed E-state index contributed by atoms with van der Waals surface area (Å²) in [7, 11) is -3.94. The van der Waals surface area contributed by atoms with Crippen molar-refractivity contribution in [3.05, 3.63) is 82.2 Å². The number of hydrogen-bond acceptors (Lipinski definition) is 4. The van der Waals surface area contributed by atoms with Crippen molar-refractivity contribution >= 4 is 54.9 Å². The molecular formula is C19H15BrN2O3S2. The van der Waals surface area contributed by atoms with Gasteiger partial charge in [0.05, 0.1) is 9.80 Å². The van der Waals surface area contributed by atoms with Gasteiger partial charge in [0, 0.05) is 11.0 Å². The first-order valence-electron chi connectivity index (χ1n) is 7.88. The highest BCUT2D eigenvalue weighted by atomic mass is 79.9. The molecule has 5 nitrogen and oxygen atoms in total. The fourth-order valence-electron chi connectivity index (χ4n) is 2.33. The van der Waals surface area contributed by atoms with Crippen molar-refractivity contribution in [3.8, 4) is 0 Å². The van der Waals surface area contributed by atoms with Crippen LogP contribution in [0.2, 0.25) is 0 Å². The molecule has 0 N–H and O–H groups in total. The van der Waals surface area contributed by atoms with E-state index in [-0.39, 0.29) is 22.5 Å². The lowest BCUT2D eigenvalue weighted by molar-refractivity contribution is -0.121. The topological polar surface area (TPSA) is 66.8 Å². The number of carbonyl (C=O) groups excluding carboxylic acids is 1. The molecule has 3 rings (SSSR count). The summed E-state index contributed by atoms with van der Waals surface area (Å²) in [4.78, 5) is 14.5. The summed E-state index contributed by atoms with van der Waals surface area (Å²) >= 11 is 4.31. The Bertz CT molecular complexity index is 1030. The summed E-state index contributed by atoms with van der Waals surface area (Å²) in [6, 6.07) is 15.5. The Morgan fingerprint density at radius 3 is 2.41 bits per heavy atom. The highest BCUT2D eigenvalue weighted by Crippen LogP contribution is 2.33. The van der Waals surface area contributed by atoms with Crippen LogP contribution in [0.1, 0.15) is 5.56 Å². The minimum atomic E-state index is -3.94. The van der Waals surface area contributed by atoms with Crippen LogP contribution in [0.3, 0.4) is 0 Å². The molecule has 2 aromatic rings. The number of thioether (sulfide) groups is 1. The zero-order valence-electron chi connectivity index (χ0n) is 14.1. The van der Waals surface area contributed by atoms with E-state index in [1.807, 2.05) is 30.3 Å². The van der Waals surface area contributed by atoms with Gasteiger partial charge in [-0.05, 0) is 47.7 Å². The lowest BCUT2D eigenvalue weighted by Gasteiger charge is -2.12. The second-order valence-electron chi connectivity index (χ2n) is 5.53. The zero-order valence-corrected chi connectivity index (χ0v) is 17.3. The van der Waals surface area contributed by atoms with Gasteiger partial charge in [0.15, 0.2) is 5.17 Å². The molecular weight excluding hydrogens is 448 g/mol. The number of rotatable bonds is 5. The van der Waals surface area contributed by atoms with Crippen LogP contribution in [0.5, 0.6) is 0 Å². The molecule has 0 radical (unpaired) electrons. The van der Waals surface area contributed by atoms with Gasteiger partial charge in [0.2, 0.25) is 0 Å². The zero-order chi connectivity index (χ0) is 19.4. The molecule has 0 aromatic heterocycles. The molecule has 0 bridgehead atoms. The van der Waals surface area contributed by atoms with Gasteiger partial charge in [-0.25, -0.2) is 0 Å². The maximum atomic E-state index is 12.7. The van der Waals surface area contributed by atoms with Crippen molar-refractivity contribution in [2.24, 2.45) is 4.40 Å². The Kier molecular flexibility index (Phi) is 5.98. The van der Waals surface area contributed by atoms with E-state index in [1.165, 1.54) is 23.1 Å². The molecule has 0 saturated carbocycles. The number of amides is 1. The van der Waals surface area contributed by atoms with Crippen molar-refractivity contribution < 1.29 is 13.2 Å². The summed E-state index contributed by atoms with van der Waals surface area (Å²) in [6.45, 7) is 3.81. The maximum Gasteiger partial charge on any atom is 0.284 e. The van der Waals surface area contributed by atoms with E-state index < -0.39 is 10.0 Å². The van der Waals surface area contributed by atoms with Crippen LogP contribution in [0.4, 0.5) is 0 Å². The number of halogens is 1. The third kappa shape index (κ3) is 4.58. The van der Waals surface area contributed by atoms with E-state index in [2.05, 4.69) is 26.9 Å². The lowest BCUT2D eigenvalue weighted by atomic mass is 10.2. The standard InChI is InChI=1S/C19H15BrN2O3S2/c1-2-12-22-18(23)17(13-14-6-4-3-5-7-14)26-19(22)21-27(24,25)16-10-8-15(20)9-11-16/h2-11,13H,1,12H2/b17-13-,21-19+. The molecule has 0 atom stereocenters. The number of carbonyl (C=O) groups is 1. The van der Waals surface area contributed by atoms with Crippen LogP contribution in [0.15, 0.2) is 85.9 Å². The van der Waals surface area contributed by atoms with Gasteiger partial charge < -0.3 is 0 Å². The fraction of sp³-hybridized carbons (Fsp3) is 0.0526. The SMILES string of the molecule is C=CCN1C(=O)/C(=C/c2ccccc2)S/C1=N/S(=O)(=O)c1ccc(Br)cc1. The van der Waals surface area contributed by atoms with Crippen LogP contribution in [-0.4, -0.2) is 30.9 Å². The molecule has 0 spiro atoms. The third-order valence-electron chi connectivity index (χ3n) is 3.61. The highest BCUT2D eigenvalue weighted by Gasteiger charge is 2.34. The molecule has 0 aliphatic carbocycles. The molecule has 1 saturated heterocycles. The van der Waals surface area contributed by atoms with Crippen molar-refractivity contribution in [3.63, 3.8) is 0 Å². The maximum absolute atomic E-state index is 12.7. The normalized spacial score (nSPS) is 17.7. The monoisotopic (exact) mass is 462 g/mol. The highest BCUT2D eigenvalue weighted by molar-refractivity contribution is 9.10. The lowest BCUT2D eigenvalue weighted by Crippen LogP contribution is -2.29. The van der Waals surface area contributed by atoms with Crippen molar-refractivity contribution in [1.82, 2.24) is 4.90 Å². The number of sulfonamides is 1. The number of nitrogens with zero attached hydrogens (tertiary/aromatic N) is 2. The van der Waals surface area contributed by atoms with Crippen LogP contribution in [-0.2, 0) is 14.8 Å². The van der Waals surface area contributed by atoms with Gasteiger partial charge in [-0.1, -0.05) is 52.3 Å². The molecule has 1 aliphatic rings. The summed E-state index contributed by atoms with van der Waals surface area (Å²) in [6.07, 6.45) is 3.25. The Balaban J connectivity index is 1.99. The van der Waals surface area contributed by atoms with Gasteiger partial charge in [-0.3, -0.25) is 9.69 Å². The second-order valence-corrected chi connectivity index (χ2v) is 9.06. The number of amidine groups is 1.